The fraction of sp³-hybridized carbons (Fsp3) is 0.167. The van der Waals surface area contributed by atoms with Crippen LogP contribution in [0.1, 0.15) is 5.56 Å². The summed E-state index contributed by atoms with van der Waals surface area (Å²) in [6.07, 6.45) is 0. The maximum Gasteiger partial charge on any atom is 0.414 e. The van der Waals surface area contributed by atoms with Gasteiger partial charge in [0.1, 0.15) is 0 Å². The van der Waals surface area contributed by atoms with Crippen LogP contribution in [-0.2, 0) is 20.9 Å². The summed E-state index contributed by atoms with van der Waals surface area (Å²) in [6, 6.07) is 12.8. The van der Waals surface area contributed by atoms with Crippen molar-refractivity contribution < 1.29 is 34.1 Å². The average Bonchev–Trinajstić information content (AvgIpc) is 3.11. The molecule has 0 aliphatic carbocycles. The van der Waals surface area contributed by atoms with E-state index in [1.807, 2.05) is 24.3 Å². The fourth-order valence-electron chi connectivity index (χ4n) is 2.13. The number of hydrogen-bond donors (Lipinski definition) is 4. The number of ether oxygens (including phenoxy) is 2. The van der Waals surface area contributed by atoms with Gasteiger partial charge in [-0.25, -0.2) is 9.59 Å². The summed E-state index contributed by atoms with van der Waals surface area (Å²) >= 11 is 6.06. The minimum absolute atomic E-state index is 0.133. The van der Waals surface area contributed by atoms with Crippen molar-refractivity contribution in [2.75, 3.05) is 18.7 Å². The van der Waals surface area contributed by atoms with Crippen LogP contribution in [0.3, 0.4) is 0 Å². The first-order valence-corrected chi connectivity index (χ1v) is 8.34. The topological polar surface area (TPSA) is 134 Å². The zero-order valence-electron chi connectivity index (χ0n) is 14.5. The normalized spacial score (nSPS) is 11.2. The van der Waals surface area contributed by atoms with E-state index in [2.05, 4.69) is 10.6 Å². The molecule has 9 nitrogen and oxygen atoms in total. The van der Waals surface area contributed by atoms with E-state index in [4.69, 9.17) is 40.9 Å². The molecule has 1 aliphatic rings. The van der Waals surface area contributed by atoms with Gasteiger partial charge in [0.15, 0.2) is 11.5 Å². The standard InChI is InChI=1S/C16H15ClN2O3.C2H2O4/c17-13-4-2-1-3-11(13)8-18-9-16(20)19-12-5-6-14-15(7-12)22-10-21-14;3-1(4)2(5)6/h1-7,18H,8-10H2,(H,19,20);(H,3,4)(H,5,6). The van der Waals surface area contributed by atoms with Crippen LogP contribution in [-0.4, -0.2) is 41.4 Å². The highest BCUT2D eigenvalue weighted by Gasteiger charge is 2.14. The highest BCUT2D eigenvalue weighted by molar-refractivity contribution is 6.31. The highest BCUT2D eigenvalue weighted by Crippen LogP contribution is 2.34. The number of benzene rings is 2. The van der Waals surface area contributed by atoms with Crippen LogP contribution in [0.2, 0.25) is 5.02 Å². The van der Waals surface area contributed by atoms with Gasteiger partial charge in [0, 0.05) is 23.3 Å². The van der Waals surface area contributed by atoms with Crippen molar-refractivity contribution in [2.24, 2.45) is 0 Å². The van der Waals surface area contributed by atoms with Crippen molar-refractivity contribution in [2.45, 2.75) is 6.54 Å². The molecular weight excluding hydrogens is 392 g/mol. The van der Waals surface area contributed by atoms with E-state index in [9.17, 15) is 4.79 Å². The zero-order valence-corrected chi connectivity index (χ0v) is 15.2. The monoisotopic (exact) mass is 408 g/mol. The van der Waals surface area contributed by atoms with Gasteiger partial charge in [-0.05, 0) is 23.8 Å². The quantitative estimate of drug-likeness (QED) is 0.551. The molecule has 148 valence electrons. The number of rotatable bonds is 5. The second-order valence-electron chi connectivity index (χ2n) is 5.42. The number of carbonyl (C=O) groups excluding carboxylic acids is 1. The van der Waals surface area contributed by atoms with E-state index in [1.165, 1.54) is 0 Å². The van der Waals surface area contributed by atoms with Gasteiger partial charge in [0.25, 0.3) is 0 Å². The summed E-state index contributed by atoms with van der Waals surface area (Å²) in [5.41, 5.74) is 1.63. The molecule has 0 unspecified atom stereocenters. The molecule has 3 rings (SSSR count). The number of anilines is 1. The van der Waals surface area contributed by atoms with Gasteiger partial charge in [-0.3, -0.25) is 4.79 Å². The molecule has 0 fully saturated rings. The van der Waals surface area contributed by atoms with Gasteiger partial charge in [-0.15, -0.1) is 0 Å². The molecule has 0 atom stereocenters. The van der Waals surface area contributed by atoms with Crippen LogP contribution in [0.15, 0.2) is 42.5 Å². The molecule has 28 heavy (non-hydrogen) atoms. The minimum atomic E-state index is -1.82. The number of fused-ring (bicyclic) bond motifs is 1. The van der Waals surface area contributed by atoms with Crippen LogP contribution in [0, 0.1) is 0 Å². The Morgan fingerprint density at radius 3 is 2.36 bits per heavy atom. The lowest BCUT2D eigenvalue weighted by Gasteiger charge is -2.08. The van der Waals surface area contributed by atoms with E-state index in [1.54, 1.807) is 18.2 Å². The molecular formula is C18H17ClN2O7. The number of nitrogens with one attached hydrogen (secondary N) is 2. The van der Waals surface area contributed by atoms with E-state index in [0.29, 0.717) is 28.8 Å². The van der Waals surface area contributed by atoms with Crippen molar-refractivity contribution in [3.8, 4) is 11.5 Å². The molecule has 1 heterocycles. The molecule has 0 radical (unpaired) electrons. The van der Waals surface area contributed by atoms with Crippen molar-refractivity contribution in [1.29, 1.82) is 0 Å². The molecule has 2 aromatic rings. The maximum atomic E-state index is 11.9. The minimum Gasteiger partial charge on any atom is -0.473 e. The SMILES string of the molecule is O=C(CNCc1ccccc1Cl)Nc1ccc2c(c1)OCO2.O=C(O)C(=O)O. The molecule has 0 saturated carbocycles. The van der Waals surface area contributed by atoms with E-state index in [-0.39, 0.29) is 19.2 Å². The van der Waals surface area contributed by atoms with E-state index in [0.717, 1.165) is 5.56 Å². The predicted octanol–water partition coefficient (Wildman–Crippen LogP) is 1.95. The number of halogens is 1. The van der Waals surface area contributed by atoms with Crippen molar-refractivity contribution in [3.05, 3.63) is 53.1 Å². The summed E-state index contributed by atoms with van der Waals surface area (Å²) in [5, 5.41) is 21.3. The van der Waals surface area contributed by atoms with Crippen molar-refractivity contribution >= 4 is 35.1 Å². The summed E-state index contributed by atoms with van der Waals surface area (Å²) in [7, 11) is 0. The van der Waals surface area contributed by atoms with Gasteiger partial charge in [0.2, 0.25) is 12.7 Å². The third-order valence-electron chi connectivity index (χ3n) is 3.40. The Morgan fingerprint density at radius 1 is 1.00 bits per heavy atom. The number of carboxylic acids is 2. The Kier molecular flexibility index (Phi) is 7.61. The third-order valence-corrected chi connectivity index (χ3v) is 3.77. The first-order chi connectivity index (χ1) is 13.4. The van der Waals surface area contributed by atoms with Crippen LogP contribution in [0.4, 0.5) is 5.69 Å². The molecule has 1 amide bonds. The number of carboxylic acid groups (broad SMARTS) is 2. The van der Waals surface area contributed by atoms with Crippen molar-refractivity contribution in [1.82, 2.24) is 5.32 Å². The van der Waals surface area contributed by atoms with Crippen molar-refractivity contribution in [3.63, 3.8) is 0 Å². The molecule has 0 spiro atoms. The lowest BCUT2D eigenvalue weighted by Crippen LogP contribution is -2.27. The van der Waals surface area contributed by atoms with E-state index >= 15 is 0 Å². The zero-order chi connectivity index (χ0) is 20.5. The summed E-state index contributed by atoms with van der Waals surface area (Å²) < 4.78 is 10.5. The number of amides is 1. The predicted molar refractivity (Wildman–Crippen MR) is 99.6 cm³/mol. The average molecular weight is 409 g/mol. The molecule has 10 heteroatoms. The van der Waals surface area contributed by atoms with Crippen LogP contribution in [0.5, 0.6) is 11.5 Å². The van der Waals surface area contributed by atoms with E-state index < -0.39 is 11.9 Å². The van der Waals surface area contributed by atoms with Gasteiger partial charge < -0.3 is 30.3 Å². The van der Waals surface area contributed by atoms with Crippen LogP contribution in [0.25, 0.3) is 0 Å². The Morgan fingerprint density at radius 2 is 1.68 bits per heavy atom. The Labute approximate surface area is 164 Å². The third kappa shape index (κ3) is 6.45. The molecule has 1 aliphatic heterocycles. The largest absolute Gasteiger partial charge is 0.473 e. The molecule has 4 N–H and O–H groups in total. The van der Waals surface area contributed by atoms with Crippen LogP contribution >= 0.6 is 11.6 Å². The number of carbonyl (C=O) groups is 3. The highest BCUT2D eigenvalue weighted by atomic mass is 35.5. The second-order valence-corrected chi connectivity index (χ2v) is 5.83. The molecule has 0 bridgehead atoms. The Balaban J connectivity index is 0.000000409. The lowest BCUT2D eigenvalue weighted by atomic mass is 10.2. The summed E-state index contributed by atoms with van der Waals surface area (Å²) in [6.45, 7) is 0.944. The van der Waals surface area contributed by atoms with Gasteiger partial charge in [-0.1, -0.05) is 29.8 Å². The fourth-order valence-corrected chi connectivity index (χ4v) is 2.33. The maximum absolute atomic E-state index is 11.9. The smallest absolute Gasteiger partial charge is 0.414 e. The molecule has 2 aromatic carbocycles. The first-order valence-electron chi connectivity index (χ1n) is 7.96. The van der Waals surface area contributed by atoms with Crippen LogP contribution < -0.4 is 20.1 Å². The van der Waals surface area contributed by atoms with Gasteiger partial charge >= 0.3 is 11.9 Å². The Bertz CT molecular complexity index is 861. The molecule has 0 aromatic heterocycles. The number of aliphatic carboxylic acids is 2. The first kappa shape index (κ1) is 21.0. The Hall–Kier alpha value is -3.30. The second kappa shape index (κ2) is 10.1. The van der Waals surface area contributed by atoms with Gasteiger partial charge in [0.05, 0.1) is 6.54 Å². The lowest BCUT2D eigenvalue weighted by molar-refractivity contribution is -0.159. The van der Waals surface area contributed by atoms with Gasteiger partial charge in [-0.2, -0.15) is 0 Å². The summed E-state index contributed by atoms with van der Waals surface area (Å²) in [5.74, 6) is -2.45. The summed E-state index contributed by atoms with van der Waals surface area (Å²) in [4.78, 5) is 30.1. The number of hydrogen-bond acceptors (Lipinski definition) is 6. The molecule has 0 saturated heterocycles.